The topological polar surface area (TPSA) is 76.3 Å². The summed E-state index contributed by atoms with van der Waals surface area (Å²) in [7, 11) is 0. The van der Waals surface area contributed by atoms with Crippen LogP contribution < -0.4 is 4.90 Å². The predicted octanol–water partition coefficient (Wildman–Crippen LogP) is 4.53. The van der Waals surface area contributed by atoms with Gasteiger partial charge in [0, 0.05) is 35.5 Å². The maximum atomic E-state index is 12.7. The van der Waals surface area contributed by atoms with Gasteiger partial charge in [0.25, 0.3) is 5.69 Å². The van der Waals surface area contributed by atoms with Crippen LogP contribution >= 0.6 is 11.6 Å². The summed E-state index contributed by atoms with van der Waals surface area (Å²) in [6, 6.07) is 18.5. The Morgan fingerprint density at radius 1 is 1.07 bits per heavy atom. The number of anilines is 1. The Labute approximate surface area is 161 Å². The third kappa shape index (κ3) is 4.89. The second kappa shape index (κ2) is 8.42. The number of nitro groups is 1. The number of aromatic nitrogens is 1. The molecule has 27 heavy (non-hydrogen) atoms. The molecule has 0 aliphatic rings. The Kier molecular flexibility index (Phi) is 5.78. The van der Waals surface area contributed by atoms with Crippen molar-refractivity contribution in [2.45, 2.75) is 6.54 Å². The lowest BCUT2D eigenvalue weighted by Gasteiger charge is -2.23. The van der Waals surface area contributed by atoms with E-state index in [2.05, 4.69) is 4.98 Å². The number of nitrogens with zero attached hydrogens (tertiary/aromatic N) is 3. The maximum absolute atomic E-state index is 12.7. The SMILES string of the molecule is O=C(CN(Cc1cccc(Cl)c1)c1ccccn1)c1ccc([N+](=O)[O-])cc1. The molecule has 0 bridgehead atoms. The Hall–Kier alpha value is -3.25. The van der Waals surface area contributed by atoms with Gasteiger partial charge in [-0.15, -0.1) is 0 Å². The lowest BCUT2D eigenvalue weighted by Crippen LogP contribution is -2.30. The summed E-state index contributed by atoms with van der Waals surface area (Å²) in [5.74, 6) is 0.505. The average Bonchev–Trinajstić information content (AvgIpc) is 2.68. The summed E-state index contributed by atoms with van der Waals surface area (Å²) >= 11 is 6.06. The van der Waals surface area contributed by atoms with Gasteiger partial charge in [-0.3, -0.25) is 14.9 Å². The van der Waals surface area contributed by atoms with Crippen molar-refractivity contribution >= 4 is 28.9 Å². The molecule has 1 aromatic heterocycles. The van der Waals surface area contributed by atoms with E-state index in [0.29, 0.717) is 22.9 Å². The van der Waals surface area contributed by atoms with Crippen molar-refractivity contribution in [1.82, 2.24) is 4.98 Å². The van der Waals surface area contributed by atoms with Crippen LogP contribution in [0.5, 0.6) is 0 Å². The highest BCUT2D eigenvalue weighted by atomic mass is 35.5. The first kappa shape index (κ1) is 18.5. The van der Waals surface area contributed by atoms with Crippen LogP contribution in [-0.2, 0) is 6.54 Å². The number of carbonyl (C=O) groups excluding carboxylic acids is 1. The largest absolute Gasteiger partial charge is 0.345 e. The quantitative estimate of drug-likeness (QED) is 0.341. The van der Waals surface area contributed by atoms with E-state index in [-0.39, 0.29) is 18.0 Å². The summed E-state index contributed by atoms with van der Waals surface area (Å²) in [5, 5.41) is 11.4. The van der Waals surface area contributed by atoms with Crippen LogP contribution in [0.4, 0.5) is 11.5 Å². The van der Waals surface area contributed by atoms with Crippen LogP contribution in [0.2, 0.25) is 5.02 Å². The third-order valence-electron chi connectivity index (χ3n) is 3.97. The number of carbonyl (C=O) groups is 1. The number of halogens is 1. The maximum Gasteiger partial charge on any atom is 0.269 e. The number of non-ortho nitro benzene ring substituents is 1. The van der Waals surface area contributed by atoms with Crippen LogP contribution in [0.3, 0.4) is 0 Å². The van der Waals surface area contributed by atoms with E-state index >= 15 is 0 Å². The van der Waals surface area contributed by atoms with Crippen molar-refractivity contribution in [3.05, 3.63) is 99.2 Å². The highest BCUT2D eigenvalue weighted by molar-refractivity contribution is 6.30. The molecule has 6 nitrogen and oxygen atoms in total. The molecule has 1 heterocycles. The van der Waals surface area contributed by atoms with Gasteiger partial charge in [0.1, 0.15) is 5.82 Å². The second-order valence-corrected chi connectivity index (χ2v) is 6.34. The fourth-order valence-corrected chi connectivity index (χ4v) is 2.86. The van der Waals surface area contributed by atoms with Gasteiger partial charge >= 0.3 is 0 Å². The van der Waals surface area contributed by atoms with Crippen LogP contribution in [0.15, 0.2) is 72.9 Å². The number of hydrogen-bond acceptors (Lipinski definition) is 5. The van der Waals surface area contributed by atoms with Crippen LogP contribution in [0.1, 0.15) is 15.9 Å². The minimum atomic E-state index is -0.492. The van der Waals surface area contributed by atoms with Crippen molar-refractivity contribution in [3.8, 4) is 0 Å². The summed E-state index contributed by atoms with van der Waals surface area (Å²) in [5.41, 5.74) is 1.31. The highest BCUT2D eigenvalue weighted by Crippen LogP contribution is 2.19. The normalized spacial score (nSPS) is 10.4. The minimum absolute atomic E-state index is 0.0490. The van der Waals surface area contributed by atoms with E-state index in [1.54, 1.807) is 18.3 Å². The van der Waals surface area contributed by atoms with E-state index in [0.717, 1.165) is 5.56 Å². The van der Waals surface area contributed by atoms with Crippen molar-refractivity contribution < 1.29 is 9.72 Å². The molecule has 0 radical (unpaired) electrons. The van der Waals surface area contributed by atoms with E-state index in [9.17, 15) is 14.9 Å². The first-order valence-corrected chi connectivity index (χ1v) is 8.59. The molecule has 0 amide bonds. The van der Waals surface area contributed by atoms with Gasteiger partial charge in [-0.05, 0) is 42.0 Å². The lowest BCUT2D eigenvalue weighted by atomic mass is 10.1. The zero-order valence-corrected chi connectivity index (χ0v) is 15.0. The summed E-state index contributed by atoms with van der Waals surface area (Å²) < 4.78 is 0. The standard InChI is InChI=1S/C20H16ClN3O3/c21-17-5-3-4-15(12-17)13-23(20-6-1-2-11-22-20)14-19(25)16-7-9-18(10-8-16)24(26)27/h1-12H,13-14H2. The third-order valence-corrected chi connectivity index (χ3v) is 4.21. The lowest BCUT2D eigenvalue weighted by molar-refractivity contribution is -0.384. The molecule has 136 valence electrons. The summed E-state index contributed by atoms with van der Waals surface area (Å²) in [4.78, 5) is 29.2. The zero-order chi connectivity index (χ0) is 19.2. The number of hydrogen-bond donors (Lipinski definition) is 0. The van der Waals surface area contributed by atoms with Crippen LogP contribution in [0.25, 0.3) is 0 Å². The summed E-state index contributed by atoms with van der Waals surface area (Å²) in [6.07, 6.45) is 1.66. The number of Topliss-reactive ketones (excluding diaryl/α,β-unsaturated/α-hetero) is 1. The number of pyridine rings is 1. The van der Waals surface area contributed by atoms with Crippen LogP contribution in [0, 0.1) is 10.1 Å². The first-order chi connectivity index (χ1) is 13.0. The average molecular weight is 382 g/mol. The van der Waals surface area contributed by atoms with Gasteiger partial charge in [-0.25, -0.2) is 4.98 Å². The Bertz CT molecular complexity index is 946. The van der Waals surface area contributed by atoms with Gasteiger partial charge in [0.05, 0.1) is 11.5 Å². The molecule has 2 aromatic carbocycles. The Morgan fingerprint density at radius 3 is 2.48 bits per heavy atom. The van der Waals surface area contributed by atoms with E-state index in [1.165, 1.54) is 24.3 Å². The van der Waals surface area contributed by atoms with Gasteiger partial charge in [-0.1, -0.05) is 29.8 Å². The van der Waals surface area contributed by atoms with Crippen molar-refractivity contribution in [2.75, 3.05) is 11.4 Å². The second-order valence-electron chi connectivity index (χ2n) is 5.90. The molecule has 0 aliphatic carbocycles. The van der Waals surface area contributed by atoms with Gasteiger partial charge in [-0.2, -0.15) is 0 Å². The molecule has 0 saturated carbocycles. The molecule has 3 aromatic rings. The molecule has 0 atom stereocenters. The molecule has 0 N–H and O–H groups in total. The first-order valence-electron chi connectivity index (χ1n) is 8.21. The predicted molar refractivity (Wildman–Crippen MR) is 104 cm³/mol. The van der Waals surface area contributed by atoms with E-state index in [4.69, 9.17) is 11.6 Å². The van der Waals surface area contributed by atoms with E-state index in [1.807, 2.05) is 35.2 Å². The molecular formula is C20H16ClN3O3. The molecule has 0 unspecified atom stereocenters. The number of nitro benzene ring substituents is 1. The van der Waals surface area contributed by atoms with Gasteiger partial charge < -0.3 is 4.90 Å². The summed E-state index contributed by atoms with van der Waals surface area (Å²) in [6.45, 7) is 0.539. The molecule has 3 rings (SSSR count). The van der Waals surface area contributed by atoms with E-state index < -0.39 is 4.92 Å². The number of ketones is 1. The smallest absolute Gasteiger partial charge is 0.269 e. The zero-order valence-electron chi connectivity index (χ0n) is 14.3. The van der Waals surface area contributed by atoms with Gasteiger partial charge in [0.15, 0.2) is 5.78 Å². The number of benzene rings is 2. The van der Waals surface area contributed by atoms with Crippen molar-refractivity contribution in [1.29, 1.82) is 0 Å². The Morgan fingerprint density at radius 2 is 1.85 bits per heavy atom. The van der Waals surface area contributed by atoms with Crippen LogP contribution in [-0.4, -0.2) is 22.2 Å². The minimum Gasteiger partial charge on any atom is -0.345 e. The molecule has 0 saturated heterocycles. The molecule has 7 heteroatoms. The van der Waals surface area contributed by atoms with Crippen molar-refractivity contribution in [2.24, 2.45) is 0 Å². The van der Waals surface area contributed by atoms with Gasteiger partial charge in [0.2, 0.25) is 0 Å². The molecular weight excluding hydrogens is 366 g/mol. The molecule has 0 aliphatic heterocycles. The highest BCUT2D eigenvalue weighted by Gasteiger charge is 2.16. The Balaban J connectivity index is 1.82. The number of rotatable bonds is 7. The molecule has 0 spiro atoms. The monoisotopic (exact) mass is 381 g/mol. The fourth-order valence-electron chi connectivity index (χ4n) is 2.65. The fraction of sp³-hybridized carbons (Fsp3) is 0.100. The molecule has 0 fully saturated rings. The van der Waals surface area contributed by atoms with Crippen molar-refractivity contribution in [3.63, 3.8) is 0 Å².